The van der Waals surface area contributed by atoms with Gasteiger partial charge >= 0.3 is 0 Å². The van der Waals surface area contributed by atoms with Crippen LogP contribution in [-0.2, 0) is 0 Å². The Balaban J connectivity index is 1.60. The van der Waals surface area contributed by atoms with Crippen LogP contribution in [0.1, 0.15) is 5.56 Å². The predicted molar refractivity (Wildman–Crippen MR) is 117 cm³/mol. The second-order valence-electron chi connectivity index (χ2n) is 6.39. The normalized spacial score (nSPS) is 11.5. The van der Waals surface area contributed by atoms with Gasteiger partial charge in [0.2, 0.25) is 0 Å². The van der Waals surface area contributed by atoms with E-state index in [9.17, 15) is 0 Å². The van der Waals surface area contributed by atoms with Crippen molar-refractivity contribution in [3.05, 3.63) is 84.7 Å². The van der Waals surface area contributed by atoms with Gasteiger partial charge in [0.25, 0.3) is 0 Å². The summed E-state index contributed by atoms with van der Waals surface area (Å²) in [5.74, 6) is 0. The lowest BCUT2D eigenvalue weighted by molar-refractivity contribution is 1.18. The van der Waals surface area contributed by atoms with Crippen molar-refractivity contribution in [2.75, 3.05) is 0 Å². The number of pyridine rings is 1. The average molecular weight is 378 g/mol. The van der Waals surface area contributed by atoms with Gasteiger partial charge in [-0.15, -0.1) is 10.2 Å². The maximum absolute atomic E-state index is 4.46. The van der Waals surface area contributed by atoms with Crippen molar-refractivity contribution in [2.24, 2.45) is 25.4 Å². The molecule has 140 valence electrons. The Morgan fingerprint density at radius 3 is 2.10 bits per heavy atom. The third kappa shape index (κ3) is 4.11. The van der Waals surface area contributed by atoms with Crippen LogP contribution in [0.5, 0.6) is 0 Å². The SMILES string of the molecule is C=Nc1ccc(N=Nc2ccc(N=Nc3cccnc3)cc2C)c2ccccc12. The highest BCUT2D eigenvalue weighted by molar-refractivity contribution is 6.00. The minimum Gasteiger partial charge on any atom is -0.264 e. The Morgan fingerprint density at radius 1 is 0.690 bits per heavy atom. The third-order valence-electron chi connectivity index (χ3n) is 4.42. The summed E-state index contributed by atoms with van der Waals surface area (Å²) in [6.07, 6.45) is 3.37. The monoisotopic (exact) mass is 378 g/mol. The molecule has 0 bridgehead atoms. The van der Waals surface area contributed by atoms with Gasteiger partial charge in [-0.2, -0.15) is 10.2 Å². The Labute approximate surface area is 168 Å². The van der Waals surface area contributed by atoms with E-state index in [0.29, 0.717) is 5.69 Å². The van der Waals surface area contributed by atoms with Crippen molar-refractivity contribution in [3.63, 3.8) is 0 Å². The molecule has 3 aromatic carbocycles. The molecule has 1 heterocycles. The molecule has 0 spiro atoms. The molecule has 4 rings (SSSR count). The average Bonchev–Trinajstić information content (AvgIpc) is 2.77. The zero-order valence-electron chi connectivity index (χ0n) is 15.9. The minimum atomic E-state index is 0.707. The van der Waals surface area contributed by atoms with Crippen LogP contribution in [0.2, 0.25) is 0 Å². The van der Waals surface area contributed by atoms with Crippen LogP contribution in [0.3, 0.4) is 0 Å². The Morgan fingerprint density at radius 2 is 1.38 bits per heavy atom. The number of aromatic nitrogens is 1. The number of hydrogen-bond donors (Lipinski definition) is 0. The summed E-state index contributed by atoms with van der Waals surface area (Å²) in [5.41, 5.74) is 4.81. The number of fused-ring (bicyclic) bond motifs is 1. The standard InChI is InChI=1S/C23H18N6/c1-16-14-17(26-27-18-6-5-13-25-15-18)9-10-21(16)28-29-23-12-11-22(24-2)19-7-3-4-8-20(19)23/h3-15H,2H2,1H3. The number of benzene rings is 3. The Kier molecular flexibility index (Phi) is 5.25. The van der Waals surface area contributed by atoms with Gasteiger partial charge in [0, 0.05) is 17.0 Å². The van der Waals surface area contributed by atoms with E-state index in [0.717, 1.165) is 39.1 Å². The highest BCUT2D eigenvalue weighted by atomic mass is 15.1. The summed E-state index contributed by atoms with van der Waals surface area (Å²) < 4.78 is 0. The van der Waals surface area contributed by atoms with Crippen LogP contribution >= 0.6 is 0 Å². The predicted octanol–water partition coefficient (Wildman–Crippen LogP) is 7.71. The molecule has 0 aliphatic heterocycles. The lowest BCUT2D eigenvalue weighted by Crippen LogP contribution is -1.76. The Bertz CT molecular complexity index is 1230. The second-order valence-corrected chi connectivity index (χ2v) is 6.39. The summed E-state index contributed by atoms with van der Waals surface area (Å²) in [4.78, 5) is 8.10. The van der Waals surface area contributed by atoms with Crippen molar-refractivity contribution < 1.29 is 0 Å². The van der Waals surface area contributed by atoms with Gasteiger partial charge in [0.05, 0.1) is 28.9 Å². The van der Waals surface area contributed by atoms with Crippen LogP contribution in [0.25, 0.3) is 10.8 Å². The van der Waals surface area contributed by atoms with Crippen molar-refractivity contribution in [1.29, 1.82) is 0 Å². The Hall–Kier alpha value is -4.06. The summed E-state index contributed by atoms with van der Waals surface area (Å²) in [7, 11) is 0. The fourth-order valence-electron chi connectivity index (χ4n) is 2.94. The lowest BCUT2D eigenvalue weighted by atomic mass is 10.1. The van der Waals surface area contributed by atoms with Gasteiger partial charge in [-0.25, -0.2) is 0 Å². The first-order valence-corrected chi connectivity index (χ1v) is 9.07. The van der Waals surface area contributed by atoms with Crippen LogP contribution in [-0.4, -0.2) is 11.7 Å². The zero-order chi connectivity index (χ0) is 20.1. The van der Waals surface area contributed by atoms with Gasteiger partial charge in [0.1, 0.15) is 5.69 Å². The van der Waals surface area contributed by atoms with E-state index in [1.165, 1.54) is 0 Å². The van der Waals surface area contributed by atoms with E-state index in [1.807, 2.05) is 73.7 Å². The highest BCUT2D eigenvalue weighted by Crippen LogP contribution is 2.34. The molecule has 0 unspecified atom stereocenters. The second kappa shape index (κ2) is 8.31. The summed E-state index contributed by atoms with van der Waals surface area (Å²) >= 11 is 0. The van der Waals surface area contributed by atoms with E-state index < -0.39 is 0 Å². The van der Waals surface area contributed by atoms with E-state index in [4.69, 9.17) is 0 Å². The molecule has 0 saturated carbocycles. The summed E-state index contributed by atoms with van der Waals surface area (Å²) in [6, 6.07) is 21.1. The molecule has 0 atom stereocenters. The molecule has 0 radical (unpaired) electrons. The molecule has 0 N–H and O–H groups in total. The number of azo groups is 2. The van der Waals surface area contributed by atoms with Crippen molar-refractivity contribution >= 4 is 45.9 Å². The maximum Gasteiger partial charge on any atom is 0.104 e. The third-order valence-corrected chi connectivity index (χ3v) is 4.42. The van der Waals surface area contributed by atoms with Crippen LogP contribution < -0.4 is 0 Å². The zero-order valence-corrected chi connectivity index (χ0v) is 15.9. The van der Waals surface area contributed by atoms with E-state index in [1.54, 1.807) is 12.4 Å². The molecular formula is C23H18N6. The highest BCUT2D eigenvalue weighted by Gasteiger charge is 2.05. The smallest absolute Gasteiger partial charge is 0.104 e. The first-order valence-electron chi connectivity index (χ1n) is 9.07. The van der Waals surface area contributed by atoms with Crippen molar-refractivity contribution in [1.82, 2.24) is 4.98 Å². The van der Waals surface area contributed by atoms with Gasteiger partial charge in [-0.1, -0.05) is 24.3 Å². The molecule has 6 heteroatoms. The van der Waals surface area contributed by atoms with Crippen LogP contribution in [0.15, 0.2) is 105 Å². The molecule has 0 aliphatic rings. The first-order chi connectivity index (χ1) is 14.2. The number of aliphatic imine (C=N–C) groups is 1. The van der Waals surface area contributed by atoms with E-state index in [-0.39, 0.29) is 0 Å². The van der Waals surface area contributed by atoms with Gasteiger partial charge in [-0.3, -0.25) is 9.98 Å². The van der Waals surface area contributed by atoms with E-state index in [2.05, 4.69) is 37.2 Å². The largest absolute Gasteiger partial charge is 0.264 e. The number of rotatable bonds is 5. The molecule has 0 fully saturated rings. The van der Waals surface area contributed by atoms with Gasteiger partial charge in [-0.05, 0) is 61.7 Å². The van der Waals surface area contributed by atoms with Crippen molar-refractivity contribution in [2.45, 2.75) is 6.92 Å². The van der Waals surface area contributed by atoms with Crippen LogP contribution in [0, 0.1) is 6.92 Å². The molecule has 4 aromatic rings. The molecule has 6 nitrogen and oxygen atoms in total. The molecule has 0 aliphatic carbocycles. The quantitative estimate of drug-likeness (QED) is 0.259. The molecule has 0 saturated heterocycles. The maximum atomic E-state index is 4.46. The van der Waals surface area contributed by atoms with Gasteiger partial charge < -0.3 is 0 Å². The van der Waals surface area contributed by atoms with Crippen LogP contribution in [0.4, 0.5) is 28.4 Å². The minimum absolute atomic E-state index is 0.707. The molecule has 0 amide bonds. The molecule has 1 aromatic heterocycles. The molecule has 29 heavy (non-hydrogen) atoms. The lowest BCUT2D eigenvalue weighted by Gasteiger charge is -2.05. The fourth-order valence-corrected chi connectivity index (χ4v) is 2.94. The van der Waals surface area contributed by atoms with E-state index >= 15 is 0 Å². The number of hydrogen-bond acceptors (Lipinski definition) is 6. The fraction of sp³-hybridized carbons (Fsp3) is 0.0435. The topological polar surface area (TPSA) is 74.7 Å². The van der Waals surface area contributed by atoms with Gasteiger partial charge in [0.15, 0.2) is 0 Å². The number of aryl methyl sites for hydroxylation is 1. The summed E-state index contributed by atoms with van der Waals surface area (Å²) in [6.45, 7) is 5.61. The first kappa shape index (κ1) is 18.3. The summed E-state index contributed by atoms with van der Waals surface area (Å²) in [5, 5.41) is 19.3. The van der Waals surface area contributed by atoms with Crippen molar-refractivity contribution in [3.8, 4) is 0 Å². The number of nitrogens with zero attached hydrogens (tertiary/aromatic N) is 6. The molecular weight excluding hydrogens is 360 g/mol.